The minimum absolute atomic E-state index is 0.0625. The van der Waals surface area contributed by atoms with Gasteiger partial charge in [-0.1, -0.05) is 53.0 Å². The number of hydrogen-bond donors (Lipinski definition) is 0. The highest BCUT2D eigenvalue weighted by Gasteiger charge is 2.32. The number of hydrogen-bond acceptors (Lipinski definition) is 3. The molecule has 3 aromatic carbocycles. The Morgan fingerprint density at radius 1 is 0.879 bits per heavy atom. The first-order chi connectivity index (χ1) is 15.6. The van der Waals surface area contributed by atoms with Crippen molar-refractivity contribution in [3.63, 3.8) is 0 Å². The molecule has 0 amide bonds. The van der Waals surface area contributed by atoms with Crippen molar-refractivity contribution in [1.29, 1.82) is 0 Å². The van der Waals surface area contributed by atoms with Crippen LogP contribution in [0.1, 0.15) is 22.7 Å². The smallest absolute Gasteiger partial charge is 0.175 e. The Morgan fingerprint density at radius 2 is 1.48 bits per heavy atom. The lowest BCUT2D eigenvalue weighted by Crippen LogP contribution is -2.43. The molecule has 33 heavy (non-hydrogen) atoms. The molecule has 0 aliphatic carbocycles. The van der Waals surface area contributed by atoms with Crippen LogP contribution in [0.15, 0.2) is 71.6 Å². The lowest BCUT2D eigenvalue weighted by atomic mass is 9.93. The molecule has 1 aliphatic heterocycles. The zero-order valence-electron chi connectivity index (χ0n) is 17.1. The molecule has 0 saturated carbocycles. The van der Waals surface area contributed by atoms with Crippen LogP contribution in [0.25, 0.3) is 0 Å². The molecule has 1 atom stereocenters. The first-order valence-electron chi connectivity index (χ1n) is 9.91. The van der Waals surface area contributed by atoms with E-state index in [1.807, 2.05) is 18.2 Å². The van der Waals surface area contributed by atoms with Crippen molar-refractivity contribution < 1.29 is 17.2 Å². The Hall–Kier alpha value is -1.96. The number of benzene rings is 3. The molecule has 4 rings (SSSR count). The Balaban J connectivity index is 1.56. The van der Waals surface area contributed by atoms with E-state index in [0.29, 0.717) is 39.8 Å². The van der Waals surface area contributed by atoms with Crippen LogP contribution in [0.4, 0.5) is 8.78 Å². The minimum atomic E-state index is -3.71. The number of nitrogens with zero attached hydrogens (tertiary/aromatic N) is 1. The van der Waals surface area contributed by atoms with Crippen LogP contribution in [-0.2, 0) is 15.6 Å². The molecule has 0 radical (unpaired) electrons. The standard InChI is InChI=1S/C24H18Cl3F2NO2S/c25-18-3-1-17(2-4-18)24(22-6-5-19(26)9-23(22)27)30-11-16(12-30)14-33(31,32)13-15-7-20(28)10-21(29)8-15/h1-10,14,24H,11-13H2/t24-/m0/s1. The molecule has 3 aromatic rings. The first-order valence-corrected chi connectivity index (χ1v) is 12.8. The van der Waals surface area contributed by atoms with Gasteiger partial charge in [0.25, 0.3) is 0 Å². The maximum atomic E-state index is 13.4. The second-order valence-electron chi connectivity index (χ2n) is 7.89. The van der Waals surface area contributed by atoms with Crippen LogP contribution in [0.3, 0.4) is 0 Å². The maximum absolute atomic E-state index is 13.4. The highest BCUT2D eigenvalue weighted by Crippen LogP contribution is 2.38. The third-order valence-electron chi connectivity index (χ3n) is 5.26. The molecular formula is C24H18Cl3F2NO2S. The van der Waals surface area contributed by atoms with Crippen LogP contribution < -0.4 is 0 Å². The van der Waals surface area contributed by atoms with Crippen LogP contribution in [0.2, 0.25) is 15.1 Å². The van der Waals surface area contributed by atoms with Crippen LogP contribution in [0, 0.1) is 11.6 Å². The number of sulfone groups is 1. The van der Waals surface area contributed by atoms with Crippen LogP contribution in [0.5, 0.6) is 0 Å². The second kappa shape index (κ2) is 9.72. The molecule has 0 spiro atoms. The van der Waals surface area contributed by atoms with Crippen molar-refractivity contribution in [1.82, 2.24) is 4.90 Å². The third-order valence-corrected chi connectivity index (χ3v) is 7.50. The Bertz CT molecular complexity index is 1300. The predicted molar refractivity (Wildman–Crippen MR) is 128 cm³/mol. The van der Waals surface area contributed by atoms with Gasteiger partial charge in [0.05, 0.1) is 11.8 Å². The molecule has 1 heterocycles. The van der Waals surface area contributed by atoms with Gasteiger partial charge in [-0.15, -0.1) is 0 Å². The van der Waals surface area contributed by atoms with Gasteiger partial charge in [-0.05, 0) is 58.7 Å². The molecule has 1 fully saturated rings. The summed E-state index contributed by atoms with van der Waals surface area (Å²) in [5.41, 5.74) is 2.53. The highest BCUT2D eigenvalue weighted by atomic mass is 35.5. The largest absolute Gasteiger partial charge is 0.284 e. The van der Waals surface area contributed by atoms with Gasteiger partial charge in [0.15, 0.2) is 9.84 Å². The SMILES string of the molecule is O=S(=O)(C=C1CN([C@@H](c2ccc(Cl)cc2)c2ccc(Cl)cc2Cl)C1)Cc1cc(F)cc(F)c1. The molecule has 9 heteroatoms. The molecule has 0 aromatic heterocycles. The van der Waals surface area contributed by atoms with Gasteiger partial charge in [0, 0.05) is 39.6 Å². The van der Waals surface area contributed by atoms with Crippen LogP contribution in [-0.4, -0.2) is 26.4 Å². The average molecular weight is 529 g/mol. The first kappa shape index (κ1) is 24.2. The molecular weight excluding hydrogens is 511 g/mol. The topological polar surface area (TPSA) is 37.4 Å². The molecule has 0 unspecified atom stereocenters. The fraction of sp³-hybridized carbons (Fsp3) is 0.167. The normalized spacial score (nSPS) is 15.2. The summed E-state index contributed by atoms with van der Waals surface area (Å²) in [5, 5.41) is 2.81. The molecule has 1 aliphatic rings. The van der Waals surface area contributed by atoms with Gasteiger partial charge in [0.2, 0.25) is 0 Å². The summed E-state index contributed by atoms with van der Waals surface area (Å²) in [5.74, 6) is -2.10. The zero-order chi connectivity index (χ0) is 23.8. The van der Waals surface area contributed by atoms with Gasteiger partial charge in [-0.2, -0.15) is 0 Å². The summed E-state index contributed by atoms with van der Waals surface area (Å²) >= 11 is 18.6. The van der Waals surface area contributed by atoms with Gasteiger partial charge in [0.1, 0.15) is 11.6 Å². The summed E-state index contributed by atoms with van der Waals surface area (Å²) in [6.45, 7) is 0.784. The number of halogens is 5. The molecule has 0 N–H and O–H groups in total. The third kappa shape index (κ3) is 5.94. The molecule has 1 saturated heterocycles. The average Bonchev–Trinajstić information content (AvgIpc) is 2.67. The van der Waals surface area contributed by atoms with Gasteiger partial charge < -0.3 is 0 Å². The lowest BCUT2D eigenvalue weighted by Gasteiger charge is -2.41. The van der Waals surface area contributed by atoms with E-state index in [0.717, 1.165) is 23.3 Å². The summed E-state index contributed by atoms with van der Waals surface area (Å²) in [7, 11) is -3.71. The number of likely N-dealkylation sites (tertiary alicyclic amines) is 1. The summed E-state index contributed by atoms with van der Waals surface area (Å²) in [4.78, 5) is 2.07. The quantitative estimate of drug-likeness (QED) is 0.352. The second-order valence-corrected chi connectivity index (χ2v) is 11.0. The zero-order valence-corrected chi connectivity index (χ0v) is 20.2. The van der Waals surface area contributed by atoms with E-state index in [2.05, 4.69) is 4.90 Å². The van der Waals surface area contributed by atoms with Crippen molar-refractivity contribution in [2.24, 2.45) is 0 Å². The van der Waals surface area contributed by atoms with Crippen molar-refractivity contribution in [2.75, 3.05) is 13.1 Å². The van der Waals surface area contributed by atoms with E-state index in [-0.39, 0.29) is 11.6 Å². The number of rotatable bonds is 6. The Morgan fingerprint density at radius 3 is 2.09 bits per heavy atom. The van der Waals surface area contributed by atoms with Gasteiger partial charge in [-0.3, -0.25) is 4.90 Å². The highest BCUT2D eigenvalue weighted by molar-refractivity contribution is 7.93. The van der Waals surface area contributed by atoms with Gasteiger partial charge in [-0.25, -0.2) is 17.2 Å². The van der Waals surface area contributed by atoms with E-state index >= 15 is 0 Å². The van der Waals surface area contributed by atoms with Crippen LogP contribution >= 0.6 is 34.8 Å². The Labute approximate surface area is 206 Å². The minimum Gasteiger partial charge on any atom is -0.284 e. The van der Waals surface area contributed by atoms with Crippen molar-refractivity contribution >= 4 is 44.6 Å². The van der Waals surface area contributed by atoms with E-state index in [4.69, 9.17) is 34.8 Å². The fourth-order valence-corrected chi connectivity index (χ4v) is 5.92. The fourth-order valence-electron chi connectivity index (χ4n) is 3.91. The summed E-state index contributed by atoms with van der Waals surface area (Å²) < 4.78 is 52.0. The lowest BCUT2D eigenvalue weighted by molar-refractivity contribution is 0.202. The Kier molecular flexibility index (Phi) is 7.12. The van der Waals surface area contributed by atoms with E-state index in [1.165, 1.54) is 5.41 Å². The van der Waals surface area contributed by atoms with Crippen molar-refractivity contribution in [3.8, 4) is 0 Å². The summed E-state index contributed by atoms with van der Waals surface area (Å²) in [6, 6.07) is 15.1. The molecule has 0 bridgehead atoms. The van der Waals surface area contributed by atoms with E-state index in [9.17, 15) is 17.2 Å². The van der Waals surface area contributed by atoms with E-state index in [1.54, 1.807) is 24.3 Å². The van der Waals surface area contributed by atoms with Crippen molar-refractivity contribution in [2.45, 2.75) is 11.8 Å². The monoisotopic (exact) mass is 527 g/mol. The maximum Gasteiger partial charge on any atom is 0.175 e. The predicted octanol–water partition coefficient (Wildman–Crippen LogP) is 6.83. The molecule has 172 valence electrons. The van der Waals surface area contributed by atoms with Crippen molar-refractivity contribution in [3.05, 3.63) is 115 Å². The van der Waals surface area contributed by atoms with Gasteiger partial charge >= 0.3 is 0 Å². The molecule has 3 nitrogen and oxygen atoms in total. The summed E-state index contributed by atoms with van der Waals surface area (Å²) in [6.07, 6.45) is 0. The van der Waals surface area contributed by atoms with E-state index < -0.39 is 27.2 Å².